The second-order valence-corrected chi connectivity index (χ2v) is 9.00. The quantitative estimate of drug-likeness (QED) is 0.155. The Balaban J connectivity index is 1.69. The Kier molecular flexibility index (Phi) is 11.0. The molecule has 7 atom stereocenters. The number of hydrogen-bond acceptors (Lipinski definition) is 12. The standard InChI is InChI=1S/C27H34O12/c1-3-4-16(12-28)19-11-17(25(34)35-2)13-37-26(19)39-27-24(33)23(32)22(31)20(38-27)14-36-21(30)10-7-15-5-8-18(29)9-6-15/h4-10,13,19-20,22-24,26-29,31-33H,3,11-12,14H2,1-2H3/b10-7+,16-4-. The maximum atomic E-state index is 12.2. The van der Waals surface area contributed by atoms with E-state index in [9.17, 15) is 35.1 Å². The molecule has 2 aliphatic heterocycles. The van der Waals surface area contributed by atoms with Gasteiger partial charge >= 0.3 is 11.9 Å². The number of allylic oxidation sites excluding steroid dienone is 1. The Labute approximate surface area is 225 Å². The first-order valence-electron chi connectivity index (χ1n) is 12.4. The molecule has 1 aromatic rings. The van der Waals surface area contributed by atoms with Gasteiger partial charge in [-0.3, -0.25) is 0 Å². The molecule has 2 heterocycles. The Morgan fingerprint density at radius 2 is 1.79 bits per heavy atom. The average Bonchev–Trinajstić information content (AvgIpc) is 2.95. The highest BCUT2D eigenvalue weighted by molar-refractivity contribution is 5.88. The van der Waals surface area contributed by atoms with Crippen molar-refractivity contribution in [2.75, 3.05) is 20.3 Å². The molecule has 0 aromatic heterocycles. The molecule has 0 aliphatic carbocycles. The summed E-state index contributed by atoms with van der Waals surface area (Å²) < 4.78 is 27.0. The van der Waals surface area contributed by atoms with E-state index in [0.717, 1.165) is 12.3 Å². The zero-order valence-electron chi connectivity index (χ0n) is 21.6. The van der Waals surface area contributed by atoms with Gasteiger partial charge in [-0.2, -0.15) is 0 Å². The van der Waals surface area contributed by atoms with Gasteiger partial charge in [0.1, 0.15) is 36.8 Å². The fourth-order valence-corrected chi connectivity index (χ4v) is 4.18. The number of aromatic hydroxyl groups is 1. The molecule has 12 nitrogen and oxygen atoms in total. The van der Waals surface area contributed by atoms with Crippen LogP contribution in [-0.2, 0) is 33.3 Å². The number of hydrogen-bond donors (Lipinski definition) is 5. The van der Waals surface area contributed by atoms with E-state index in [1.54, 1.807) is 18.2 Å². The van der Waals surface area contributed by atoms with Crippen LogP contribution in [-0.4, -0.2) is 94.8 Å². The van der Waals surface area contributed by atoms with Crippen LogP contribution in [0.25, 0.3) is 6.08 Å². The Hall–Kier alpha value is -3.26. The lowest BCUT2D eigenvalue weighted by molar-refractivity contribution is -0.338. The third-order valence-electron chi connectivity index (χ3n) is 6.32. The zero-order valence-corrected chi connectivity index (χ0v) is 21.6. The van der Waals surface area contributed by atoms with Gasteiger partial charge in [-0.25, -0.2) is 9.59 Å². The lowest BCUT2D eigenvalue weighted by Crippen LogP contribution is -2.60. The van der Waals surface area contributed by atoms with Gasteiger partial charge in [-0.15, -0.1) is 0 Å². The van der Waals surface area contributed by atoms with Crippen LogP contribution in [0.4, 0.5) is 0 Å². The molecular weight excluding hydrogens is 516 g/mol. The summed E-state index contributed by atoms with van der Waals surface area (Å²) in [5.41, 5.74) is 1.37. The van der Waals surface area contributed by atoms with Crippen LogP contribution in [0.5, 0.6) is 5.75 Å². The van der Waals surface area contributed by atoms with Crippen LogP contribution in [0, 0.1) is 5.92 Å². The van der Waals surface area contributed by atoms with E-state index in [2.05, 4.69) is 0 Å². The number of rotatable bonds is 10. The molecule has 39 heavy (non-hydrogen) atoms. The molecule has 0 amide bonds. The number of carbonyl (C=O) groups is 2. The number of ether oxygens (including phenoxy) is 5. The molecule has 1 saturated heterocycles. The van der Waals surface area contributed by atoms with E-state index in [1.807, 2.05) is 6.92 Å². The minimum absolute atomic E-state index is 0.0783. The summed E-state index contributed by atoms with van der Waals surface area (Å²) in [5, 5.41) is 50.6. The van der Waals surface area contributed by atoms with E-state index >= 15 is 0 Å². The first-order chi connectivity index (χ1) is 18.7. The van der Waals surface area contributed by atoms with Crippen LogP contribution < -0.4 is 0 Å². The molecule has 0 bridgehead atoms. The minimum atomic E-state index is -1.70. The zero-order chi connectivity index (χ0) is 28.5. The molecule has 214 valence electrons. The Morgan fingerprint density at radius 1 is 1.08 bits per heavy atom. The second-order valence-electron chi connectivity index (χ2n) is 9.00. The van der Waals surface area contributed by atoms with E-state index in [0.29, 0.717) is 17.6 Å². The average molecular weight is 551 g/mol. The van der Waals surface area contributed by atoms with Gasteiger partial charge in [-0.1, -0.05) is 25.1 Å². The summed E-state index contributed by atoms with van der Waals surface area (Å²) in [5.74, 6) is -1.95. The topological polar surface area (TPSA) is 181 Å². The van der Waals surface area contributed by atoms with E-state index in [-0.39, 0.29) is 24.4 Å². The third-order valence-corrected chi connectivity index (χ3v) is 6.32. The van der Waals surface area contributed by atoms with Crippen molar-refractivity contribution >= 4 is 18.0 Å². The summed E-state index contributed by atoms with van der Waals surface area (Å²) >= 11 is 0. The van der Waals surface area contributed by atoms with Gasteiger partial charge in [0.15, 0.2) is 6.29 Å². The first-order valence-corrected chi connectivity index (χ1v) is 12.4. The van der Waals surface area contributed by atoms with Gasteiger partial charge < -0.3 is 49.2 Å². The summed E-state index contributed by atoms with van der Waals surface area (Å²) in [6.45, 7) is 1.05. The molecule has 1 fully saturated rings. The molecule has 0 radical (unpaired) electrons. The van der Waals surface area contributed by atoms with Gasteiger partial charge in [-0.05, 0) is 42.2 Å². The van der Waals surface area contributed by atoms with Crippen molar-refractivity contribution in [3.05, 3.63) is 59.4 Å². The van der Waals surface area contributed by atoms with Crippen molar-refractivity contribution in [2.45, 2.75) is 56.8 Å². The summed E-state index contributed by atoms with van der Waals surface area (Å²) in [4.78, 5) is 24.2. The lowest BCUT2D eigenvalue weighted by Gasteiger charge is -2.42. The monoisotopic (exact) mass is 550 g/mol. The van der Waals surface area contributed by atoms with Crippen LogP contribution in [0.3, 0.4) is 0 Å². The number of methoxy groups -OCH3 is 1. The van der Waals surface area contributed by atoms with E-state index in [1.165, 1.54) is 25.3 Å². The number of benzene rings is 1. The highest BCUT2D eigenvalue weighted by atomic mass is 16.8. The molecule has 5 N–H and O–H groups in total. The summed E-state index contributed by atoms with van der Waals surface area (Å²) in [6, 6.07) is 6.10. The minimum Gasteiger partial charge on any atom is -0.508 e. The van der Waals surface area contributed by atoms with Crippen molar-refractivity contribution in [1.29, 1.82) is 0 Å². The van der Waals surface area contributed by atoms with Gasteiger partial charge in [0.05, 0.1) is 25.6 Å². The SMILES string of the molecule is CC/C=C(/CO)C1CC(C(=O)OC)=COC1OC1OC(COC(=O)/C=C/c2ccc(O)cc2)C(O)C(O)C1O. The van der Waals surface area contributed by atoms with Crippen molar-refractivity contribution in [2.24, 2.45) is 5.92 Å². The first kappa shape index (κ1) is 30.3. The predicted octanol–water partition coefficient (Wildman–Crippen LogP) is 0.521. The third kappa shape index (κ3) is 7.88. The largest absolute Gasteiger partial charge is 0.508 e. The van der Waals surface area contributed by atoms with Gasteiger partial charge in [0, 0.05) is 12.0 Å². The van der Waals surface area contributed by atoms with Crippen molar-refractivity contribution < 1.29 is 58.8 Å². The number of aliphatic hydroxyl groups is 4. The predicted molar refractivity (Wildman–Crippen MR) is 134 cm³/mol. The van der Waals surface area contributed by atoms with Crippen LogP contribution in [0.15, 0.2) is 53.8 Å². The lowest BCUT2D eigenvalue weighted by atomic mass is 9.89. The molecule has 7 unspecified atom stereocenters. The highest BCUT2D eigenvalue weighted by Gasteiger charge is 2.47. The molecule has 12 heteroatoms. The van der Waals surface area contributed by atoms with Gasteiger partial charge in [0.2, 0.25) is 6.29 Å². The Morgan fingerprint density at radius 3 is 2.44 bits per heavy atom. The van der Waals surface area contributed by atoms with Crippen molar-refractivity contribution in [3.63, 3.8) is 0 Å². The van der Waals surface area contributed by atoms with Crippen molar-refractivity contribution in [3.8, 4) is 5.75 Å². The molecular formula is C27H34O12. The van der Waals surface area contributed by atoms with Crippen LogP contribution in [0.1, 0.15) is 25.3 Å². The normalized spacial score (nSPS) is 29.4. The molecule has 2 aliphatic rings. The number of aliphatic hydroxyl groups excluding tert-OH is 4. The van der Waals surface area contributed by atoms with Crippen LogP contribution >= 0.6 is 0 Å². The van der Waals surface area contributed by atoms with E-state index < -0.39 is 61.5 Å². The molecule has 0 saturated carbocycles. The van der Waals surface area contributed by atoms with Crippen molar-refractivity contribution in [1.82, 2.24) is 0 Å². The number of esters is 2. The fraction of sp³-hybridized carbons (Fsp3) is 0.481. The second kappa shape index (κ2) is 14.2. The Bertz CT molecular complexity index is 1060. The molecule has 0 spiro atoms. The smallest absolute Gasteiger partial charge is 0.336 e. The van der Waals surface area contributed by atoms with E-state index in [4.69, 9.17) is 23.7 Å². The maximum absolute atomic E-state index is 12.2. The fourth-order valence-electron chi connectivity index (χ4n) is 4.18. The highest BCUT2D eigenvalue weighted by Crippen LogP contribution is 2.34. The maximum Gasteiger partial charge on any atom is 0.336 e. The molecule has 3 rings (SSSR count). The summed E-state index contributed by atoms with van der Waals surface area (Å²) in [6.07, 6.45) is -2.69. The van der Waals surface area contributed by atoms with Gasteiger partial charge in [0.25, 0.3) is 0 Å². The number of phenols is 1. The number of carbonyl (C=O) groups excluding carboxylic acids is 2. The number of phenolic OH excluding ortho intramolecular Hbond substituents is 1. The molecule has 1 aromatic carbocycles. The summed E-state index contributed by atoms with van der Waals surface area (Å²) in [7, 11) is 1.23. The van der Waals surface area contributed by atoms with Crippen LogP contribution in [0.2, 0.25) is 0 Å².